The summed E-state index contributed by atoms with van der Waals surface area (Å²) in [5.74, 6) is 0. The summed E-state index contributed by atoms with van der Waals surface area (Å²) in [4.78, 5) is 0. The molecule has 12 heavy (non-hydrogen) atoms. The van der Waals surface area contributed by atoms with Gasteiger partial charge >= 0.3 is 0 Å². The average molecular weight is 170 g/mol. The van der Waals surface area contributed by atoms with Crippen LogP contribution in [0.1, 0.15) is 53.9 Å². The quantitative estimate of drug-likeness (QED) is 0.675. The van der Waals surface area contributed by atoms with Gasteiger partial charge in [0.15, 0.2) is 0 Å². The Morgan fingerprint density at radius 3 is 1.83 bits per heavy atom. The van der Waals surface area contributed by atoms with E-state index >= 15 is 0 Å². The van der Waals surface area contributed by atoms with Crippen molar-refractivity contribution in [1.82, 2.24) is 0 Å². The molecule has 0 spiro atoms. The Kier molecular flexibility index (Phi) is 2.07. The third-order valence-electron chi connectivity index (χ3n) is 4.62. The van der Waals surface area contributed by atoms with Crippen molar-refractivity contribution in [3.05, 3.63) is 0 Å². The third kappa shape index (κ3) is 1.02. The Hall–Kier alpha value is -0.0400. The molecule has 72 valence electrons. The first-order valence-electron chi connectivity index (χ1n) is 4.99. The zero-order chi connectivity index (χ0) is 9.62. The molecule has 2 unspecified atom stereocenters. The number of aliphatic hydroxyl groups is 1. The van der Waals surface area contributed by atoms with Gasteiger partial charge in [0.05, 0.1) is 5.60 Å². The SMILES string of the molecule is CCC(C)(O)C1(C)CCC1(C)C. The van der Waals surface area contributed by atoms with Gasteiger partial charge in [-0.1, -0.05) is 27.7 Å². The molecule has 1 rings (SSSR count). The lowest BCUT2D eigenvalue weighted by Crippen LogP contribution is -2.58. The van der Waals surface area contributed by atoms with E-state index < -0.39 is 5.60 Å². The van der Waals surface area contributed by atoms with E-state index in [1.165, 1.54) is 12.8 Å². The summed E-state index contributed by atoms with van der Waals surface area (Å²) in [7, 11) is 0. The Labute approximate surface area is 76.2 Å². The Morgan fingerprint density at radius 1 is 1.25 bits per heavy atom. The van der Waals surface area contributed by atoms with Crippen molar-refractivity contribution >= 4 is 0 Å². The zero-order valence-electron chi connectivity index (χ0n) is 9.07. The van der Waals surface area contributed by atoms with Crippen LogP contribution in [0.3, 0.4) is 0 Å². The molecule has 0 radical (unpaired) electrons. The van der Waals surface area contributed by atoms with Gasteiger partial charge in [-0.05, 0) is 31.6 Å². The molecule has 1 heteroatoms. The molecule has 0 aromatic heterocycles. The van der Waals surface area contributed by atoms with Crippen LogP contribution in [-0.2, 0) is 0 Å². The number of hydrogen-bond donors (Lipinski definition) is 1. The molecule has 1 aliphatic rings. The van der Waals surface area contributed by atoms with Crippen molar-refractivity contribution in [3.63, 3.8) is 0 Å². The summed E-state index contributed by atoms with van der Waals surface area (Å²) in [5, 5.41) is 10.2. The summed E-state index contributed by atoms with van der Waals surface area (Å²) < 4.78 is 0. The van der Waals surface area contributed by atoms with Crippen molar-refractivity contribution in [3.8, 4) is 0 Å². The van der Waals surface area contributed by atoms with Crippen LogP contribution in [-0.4, -0.2) is 10.7 Å². The molecule has 1 N–H and O–H groups in total. The molecule has 0 bridgehead atoms. The normalized spacial score (nSPS) is 38.5. The van der Waals surface area contributed by atoms with Crippen LogP contribution in [0.15, 0.2) is 0 Å². The summed E-state index contributed by atoms with van der Waals surface area (Å²) in [5.41, 5.74) is -0.0595. The highest BCUT2D eigenvalue weighted by molar-refractivity contribution is 5.08. The van der Waals surface area contributed by atoms with Gasteiger partial charge in [0, 0.05) is 5.41 Å². The highest BCUT2D eigenvalue weighted by Crippen LogP contribution is 2.62. The first-order valence-corrected chi connectivity index (χ1v) is 4.99. The summed E-state index contributed by atoms with van der Waals surface area (Å²) in [6, 6.07) is 0. The molecule has 1 aliphatic carbocycles. The Bertz CT molecular complexity index is 181. The molecule has 0 aliphatic heterocycles. The van der Waals surface area contributed by atoms with E-state index in [2.05, 4.69) is 27.7 Å². The van der Waals surface area contributed by atoms with E-state index in [1.54, 1.807) is 0 Å². The van der Waals surface area contributed by atoms with Crippen LogP contribution in [0.5, 0.6) is 0 Å². The maximum absolute atomic E-state index is 10.2. The highest BCUT2D eigenvalue weighted by Gasteiger charge is 2.58. The minimum atomic E-state index is -0.491. The van der Waals surface area contributed by atoms with Gasteiger partial charge in [0.1, 0.15) is 0 Å². The minimum Gasteiger partial charge on any atom is -0.390 e. The molecule has 0 aromatic carbocycles. The number of hydrogen-bond acceptors (Lipinski definition) is 1. The minimum absolute atomic E-state index is 0.120. The first-order chi connectivity index (χ1) is 5.27. The van der Waals surface area contributed by atoms with Crippen molar-refractivity contribution in [2.24, 2.45) is 10.8 Å². The lowest BCUT2D eigenvalue weighted by molar-refractivity contribution is -0.186. The lowest BCUT2D eigenvalue weighted by Gasteiger charge is -2.61. The highest BCUT2D eigenvalue weighted by atomic mass is 16.3. The van der Waals surface area contributed by atoms with Crippen LogP contribution in [0.4, 0.5) is 0 Å². The Balaban J connectivity index is 2.87. The summed E-state index contributed by atoms with van der Waals surface area (Å²) in [6.45, 7) is 10.8. The van der Waals surface area contributed by atoms with E-state index in [-0.39, 0.29) is 5.41 Å². The zero-order valence-corrected chi connectivity index (χ0v) is 9.07. The summed E-state index contributed by atoms with van der Waals surface area (Å²) in [6.07, 6.45) is 3.27. The van der Waals surface area contributed by atoms with Crippen LogP contribution >= 0.6 is 0 Å². The van der Waals surface area contributed by atoms with Crippen LogP contribution in [0, 0.1) is 10.8 Å². The molecule has 1 saturated carbocycles. The van der Waals surface area contributed by atoms with E-state index in [0.717, 1.165) is 6.42 Å². The lowest BCUT2D eigenvalue weighted by atomic mass is 9.46. The predicted octanol–water partition coefficient (Wildman–Crippen LogP) is 2.97. The molecule has 0 saturated heterocycles. The van der Waals surface area contributed by atoms with Gasteiger partial charge in [-0.15, -0.1) is 0 Å². The van der Waals surface area contributed by atoms with Gasteiger partial charge < -0.3 is 5.11 Å². The largest absolute Gasteiger partial charge is 0.390 e. The van der Waals surface area contributed by atoms with Crippen LogP contribution in [0.2, 0.25) is 0 Å². The monoisotopic (exact) mass is 170 g/mol. The van der Waals surface area contributed by atoms with Crippen molar-refractivity contribution < 1.29 is 5.11 Å². The molecule has 0 heterocycles. The molecule has 0 aromatic rings. The van der Waals surface area contributed by atoms with Crippen molar-refractivity contribution in [2.75, 3.05) is 0 Å². The predicted molar refractivity (Wildman–Crippen MR) is 52.0 cm³/mol. The van der Waals surface area contributed by atoms with Gasteiger partial charge in [-0.3, -0.25) is 0 Å². The molecule has 0 amide bonds. The van der Waals surface area contributed by atoms with E-state index in [1.807, 2.05) is 6.92 Å². The van der Waals surface area contributed by atoms with Crippen LogP contribution in [0.25, 0.3) is 0 Å². The smallest absolute Gasteiger partial charge is 0.0675 e. The second-order valence-corrected chi connectivity index (χ2v) is 5.34. The van der Waals surface area contributed by atoms with Gasteiger partial charge in [0.2, 0.25) is 0 Å². The maximum Gasteiger partial charge on any atom is 0.0675 e. The second-order valence-electron chi connectivity index (χ2n) is 5.34. The average Bonchev–Trinajstić information content (AvgIpc) is 2.01. The molecular weight excluding hydrogens is 148 g/mol. The molecule has 1 nitrogen and oxygen atoms in total. The first kappa shape index (κ1) is 10.0. The number of rotatable bonds is 2. The third-order valence-corrected chi connectivity index (χ3v) is 4.62. The van der Waals surface area contributed by atoms with Gasteiger partial charge in [-0.2, -0.15) is 0 Å². The topological polar surface area (TPSA) is 20.2 Å². The molecular formula is C11H22O. The fourth-order valence-electron chi connectivity index (χ4n) is 2.39. The van der Waals surface area contributed by atoms with E-state index in [4.69, 9.17) is 0 Å². The van der Waals surface area contributed by atoms with Gasteiger partial charge in [-0.25, -0.2) is 0 Å². The van der Waals surface area contributed by atoms with Crippen molar-refractivity contribution in [1.29, 1.82) is 0 Å². The fraction of sp³-hybridized carbons (Fsp3) is 1.00. The van der Waals surface area contributed by atoms with Crippen molar-refractivity contribution in [2.45, 2.75) is 59.5 Å². The standard InChI is InChI=1S/C11H22O/c1-6-11(5,12)10(4)8-7-9(10,2)3/h12H,6-8H2,1-5H3. The molecule has 1 fully saturated rings. The second kappa shape index (κ2) is 2.47. The van der Waals surface area contributed by atoms with E-state index in [0.29, 0.717) is 5.41 Å². The van der Waals surface area contributed by atoms with E-state index in [9.17, 15) is 5.11 Å². The molecule has 2 atom stereocenters. The van der Waals surface area contributed by atoms with Gasteiger partial charge in [0.25, 0.3) is 0 Å². The Morgan fingerprint density at radius 2 is 1.75 bits per heavy atom. The summed E-state index contributed by atoms with van der Waals surface area (Å²) >= 11 is 0. The van der Waals surface area contributed by atoms with Crippen LogP contribution < -0.4 is 0 Å². The fourth-order valence-corrected chi connectivity index (χ4v) is 2.39. The maximum atomic E-state index is 10.2.